The molecule has 9 heteroatoms. The maximum atomic E-state index is 12.5. The number of amides is 1. The summed E-state index contributed by atoms with van der Waals surface area (Å²) in [5.41, 5.74) is 3.03. The minimum Gasteiger partial charge on any atom is -0.466 e. The third-order valence-electron chi connectivity index (χ3n) is 5.00. The highest BCUT2D eigenvalue weighted by Gasteiger charge is 2.15. The van der Waals surface area contributed by atoms with E-state index in [0.29, 0.717) is 40.2 Å². The maximum absolute atomic E-state index is 12.5. The summed E-state index contributed by atoms with van der Waals surface area (Å²) in [4.78, 5) is 16.9. The first-order chi connectivity index (χ1) is 15.5. The van der Waals surface area contributed by atoms with E-state index in [1.165, 1.54) is 0 Å². The highest BCUT2D eigenvalue weighted by Crippen LogP contribution is 2.26. The van der Waals surface area contributed by atoms with Crippen LogP contribution in [-0.4, -0.2) is 30.3 Å². The number of carbonyl (C=O) groups is 1. The summed E-state index contributed by atoms with van der Waals surface area (Å²) >= 11 is 0. The first-order valence-corrected chi connectivity index (χ1v) is 9.97. The van der Waals surface area contributed by atoms with Crippen molar-refractivity contribution in [1.29, 1.82) is 0 Å². The summed E-state index contributed by atoms with van der Waals surface area (Å²) < 4.78 is 14.7. The number of aromatic nitrogens is 5. The van der Waals surface area contributed by atoms with Crippen molar-refractivity contribution in [1.82, 2.24) is 24.4 Å². The van der Waals surface area contributed by atoms with E-state index in [-0.39, 0.29) is 5.91 Å². The zero-order chi connectivity index (χ0) is 22.2. The molecule has 0 saturated heterocycles. The van der Waals surface area contributed by atoms with Crippen LogP contribution >= 0.6 is 0 Å². The second-order valence-corrected chi connectivity index (χ2v) is 7.35. The fourth-order valence-corrected chi connectivity index (χ4v) is 3.52. The number of fused-ring (bicyclic) bond motifs is 1. The Morgan fingerprint density at radius 1 is 1.12 bits per heavy atom. The Morgan fingerprint density at radius 2 is 2.00 bits per heavy atom. The Morgan fingerprint density at radius 3 is 2.75 bits per heavy atom. The summed E-state index contributed by atoms with van der Waals surface area (Å²) in [6.45, 7) is 3.55. The molecule has 4 heterocycles. The van der Waals surface area contributed by atoms with Gasteiger partial charge in [0.1, 0.15) is 17.3 Å². The van der Waals surface area contributed by atoms with Crippen LogP contribution in [0.25, 0.3) is 16.9 Å². The molecule has 5 aromatic rings. The van der Waals surface area contributed by atoms with Gasteiger partial charge in [-0.1, -0.05) is 12.1 Å². The van der Waals surface area contributed by atoms with Crippen molar-refractivity contribution in [3.8, 4) is 22.9 Å². The average molecular weight is 428 g/mol. The number of benzene rings is 1. The molecule has 0 unspecified atom stereocenters. The van der Waals surface area contributed by atoms with Gasteiger partial charge in [-0.15, -0.1) is 5.10 Å². The number of imidazole rings is 1. The topological polar surface area (TPSA) is 99.5 Å². The molecular formula is C23H20N6O3. The minimum atomic E-state index is -0.286. The Labute approximate surface area is 183 Å². The van der Waals surface area contributed by atoms with Crippen molar-refractivity contribution in [2.24, 2.45) is 7.05 Å². The molecule has 5 rings (SSSR count). The molecule has 0 radical (unpaired) electrons. The predicted octanol–water partition coefficient (Wildman–Crippen LogP) is 4.38. The smallest absolute Gasteiger partial charge is 0.260 e. The van der Waals surface area contributed by atoms with Crippen molar-refractivity contribution >= 4 is 17.4 Å². The predicted molar refractivity (Wildman–Crippen MR) is 118 cm³/mol. The summed E-state index contributed by atoms with van der Waals surface area (Å²) in [6.07, 6.45) is 3.39. The summed E-state index contributed by atoms with van der Waals surface area (Å²) in [5.74, 6) is 2.39. The number of anilines is 1. The van der Waals surface area contributed by atoms with Crippen LogP contribution in [0, 0.1) is 13.8 Å². The zero-order valence-electron chi connectivity index (χ0n) is 17.7. The number of ether oxygens (including phenoxy) is 1. The normalized spacial score (nSPS) is 11.1. The molecular weight excluding hydrogens is 408 g/mol. The minimum absolute atomic E-state index is 0.286. The molecule has 0 atom stereocenters. The molecule has 9 nitrogen and oxygen atoms in total. The fraction of sp³-hybridized carbons (Fsp3) is 0.130. The van der Waals surface area contributed by atoms with Gasteiger partial charge in [0.05, 0.1) is 17.5 Å². The number of rotatable bonds is 5. The maximum Gasteiger partial charge on any atom is 0.260 e. The van der Waals surface area contributed by atoms with Crippen molar-refractivity contribution < 1.29 is 13.9 Å². The first-order valence-electron chi connectivity index (χ1n) is 9.97. The van der Waals surface area contributed by atoms with Crippen molar-refractivity contribution in [2.45, 2.75) is 13.8 Å². The van der Waals surface area contributed by atoms with E-state index in [0.717, 1.165) is 11.3 Å². The van der Waals surface area contributed by atoms with E-state index >= 15 is 0 Å². The number of nitrogens with zero attached hydrogens (tertiary/aromatic N) is 5. The molecule has 1 N–H and O–H groups in total. The molecule has 0 fully saturated rings. The van der Waals surface area contributed by atoms with E-state index in [1.807, 2.05) is 37.4 Å². The second kappa shape index (κ2) is 7.69. The molecule has 0 spiro atoms. The number of carbonyl (C=O) groups excluding carboxylic acids is 1. The lowest BCUT2D eigenvalue weighted by atomic mass is 10.1. The van der Waals surface area contributed by atoms with Gasteiger partial charge in [0.2, 0.25) is 5.88 Å². The molecule has 0 bridgehead atoms. The van der Waals surface area contributed by atoms with Crippen molar-refractivity contribution in [2.75, 3.05) is 5.32 Å². The Bertz CT molecular complexity index is 1450. The lowest BCUT2D eigenvalue weighted by Gasteiger charge is -2.07. The van der Waals surface area contributed by atoms with Crippen LogP contribution in [0.3, 0.4) is 0 Å². The molecule has 0 aliphatic rings. The second-order valence-electron chi connectivity index (χ2n) is 7.35. The van der Waals surface area contributed by atoms with Gasteiger partial charge in [-0.2, -0.15) is 5.10 Å². The van der Waals surface area contributed by atoms with E-state index < -0.39 is 0 Å². The van der Waals surface area contributed by atoms with Gasteiger partial charge in [0.25, 0.3) is 5.91 Å². The Kier molecular flexibility index (Phi) is 4.70. The van der Waals surface area contributed by atoms with Gasteiger partial charge in [-0.25, -0.2) is 9.50 Å². The van der Waals surface area contributed by atoms with Crippen molar-refractivity contribution in [3.05, 3.63) is 78.0 Å². The lowest BCUT2D eigenvalue weighted by molar-refractivity contribution is 0.102. The summed E-state index contributed by atoms with van der Waals surface area (Å²) in [6, 6.07) is 14.8. The molecule has 1 aromatic carbocycles. The number of nitrogens with one attached hydrogen (secondary N) is 1. The van der Waals surface area contributed by atoms with Crippen LogP contribution in [0.4, 0.5) is 5.82 Å². The molecule has 32 heavy (non-hydrogen) atoms. The SMILES string of the molecule is Cc1cc(C(=O)Nc2cn3nc(Oc4cccc(-c5ccnn5C)c4)ccc3n2)c(C)o1. The van der Waals surface area contributed by atoms with Crippen LogP contribution < -0.4 is 10.1 Å². The quantitative estimate of drug-likeness (QED) is 0.446. The van der Waals surface area contributed by atoms with Gasteiger partial charge in [0.15, 0.2) is 11.5 Å². The Hall–Kier alpha value is -4.40. The number of aryl methyl sites for hydroxylation is 3. The number of furan rings is 1. The highest BCUT2D eigenvalue weighted by molar-refractivity contribution is 6.04. The van der Waals surface area contributed by atoms with Gasteiger partial charge >= 0.3 is 0 Å². The van der Waals surface area contributed by atoms with Crippen LogP contribution in [0.15, 0.2) is 65.3 Å². The number of hydrogen-bond acceptors (Lipinski definition) is 6. The number of hydrogen-bond donors (Lipinski definition) is 1. The third-order valence-corrected chi connectivity index (χ3v) is 5.00. The third kappa shape index (κ3) is 3.71. The fourth-order valence-electron chi connectivity index (χ4n) is 3.52. The molecule has 0 aliphatic heterocycles. The van der Waals surface area contributed by atoms with E-state index in [4.69, 9.17) is 9.15 Å². The summed E-state index contributed by atoms with van der Waals surface area (Å²) in [5, 5.41) is 11.4. The largest absolute Gasteiger partial charge is 0.466 e. The molecule has 160 valence electrons. The monoisotopic (exact) mass is 428 g/mol. The van der Waals surface area contributed by atoms with Crippen LogP contribution in [0.2, 0.25) is 0 Å². The first kappa shape index (κ1) is 19.6. The highest BCUT2D eigenvalue weighted by atomic mass is 16.5. The van der Waals surface area contributed by atoms with Crippen LogP contribution in [-0.2, 0) is 7.05 Å². The average Bonchev–Trinajstić information content (AvgIpc) is 3.45. The lowest BCUT2D eigenvalue weighted by Crippen LogP contribution is -2.12. The van der Waals surface area contributed by atoms with Crippen LogP contribution in [0.1, 0.15) is 21.9 Å². The van der Waals surface area contributed by atoms with Gasteiger partial charge < -0.3 is 14.5 Å². The van der Waals surface area contributed by atoms with Gasteiger partial charge in [-0.3, -0.25) is 9.48 Å². The van der Waals surface area contributed by atoms with Gasteiger partial charge in [-0.05, 0) is 44.2 Å². The molecule has 4 aromatic heterocycles. The Balaban J connectivity index is 1.36. The van der Waals surface area contributed by atoms with Crippen LogP contribution in [0.5, 0.6) is 11.6 Å². The molecule has 0 aliphatic carbocycles. The molecule has 0 saturated carbocycles. The summed E-state index contributed by atoms with van der Waals surface area (Å²) in [7, 11) is 1.89. The van der Waals surface area contributed by atoms with E-state index in [2.05, 4.69) is 20.5 Å². The zero-order valence-corrected chi connectivity index (χ0v) is 17.7. The standard InChI is InChI=1S/C23H20N6O3/c1-14-11-18(15(2)31-14)23(30)26-20-13-29-21(25-20)7-8-22(27-29)32-17-6-4-5-16(12-17)19-9-10-24-28(19)3/h4-13H,1-3H3,(H,26,30). The van der Waals surface area contributed by atoms with E-state index in [9.17, 15) is 4.79 Å². The van der Waals surface area contributed by atoms with E-state index in [1.54, 1.807) is 53.6 Å². The van der Waals surface area contributed by atoms with Crippen molar-refractivity contribution in [3.63, 3.8) is 0 Å². The van der Waals surface area contributed by atoms with Gasteiger partial charge in [0, 0.05) is 24.9 Å². The molecule has 1 amide bonds.